The van der Waals surface area contributed by atoms with Crippen molar-refractivity contribution >= 4 is 11.9 Å². The van der Waals surface area contributed by atoms with E-state index >= 15 is 0 Å². The van der Waals surface area contributed by atoms with Crippen molar-refractivity contribution in [1.82, 2.24) is 0 Å². The van der Waals surface area contributed by atoms with Crippen LogP contribution in [0.5, 0.6) is 23.0 Å². The Morgan fingerprint density at radius 3 is 0.782 bits per heavy atom. The molecule has 0 spiro atoms. The second kappa shape index (κ2) is 38.2. The molecule has 0 aliphatic rings. The van der Waals surface area contributed by atoms with Crippen molar-refractivity contribution in [3.63, 3.8) is 0 Å². The Balaban J connectivity index is 3.63. The van der Waals surface area contributed by atoms with Gasteiger partial charge in [0.15, 0.2) is 0 Å². The normalized spacial score (nSPS) is 13.5. The van der Waals surface area contributed by atoms with Crippen molar-refractivity contribution in [2.45, 2.75) is 192 Å². The number of rotatable bonds is 50. The molecule has 2 rings (SSSR count). The molecule has 0 amide bonds. The summed E-state index contributed by atoms with van der Waals surface area (Å²) in [6.07, 6.45) is -3.48. The summed E-state index contributed by atoms with van der Waals surface area (Å²) >= 11 is 0. The van der Waals surface area contributed by atoms with Gasteiger partial charge in [-0.3, -0.25) is 0 Å². The minimum Gasteiger partial charge on any atom is -0.447 e. The van der Waals surface area contributed by atoms with Gasteiger partial charge in [-0.15, -0.1) is 0 Å². The van der Waals surface area contributed by atoms with Crippen LogP contribution in [0, 0.1) is 0 Å². The van der Waals surface area contributed by atoms with Gasteiger partial charge in [0.1, 0.15) is 23.0 Å². The predicted octanol–water partition coefficient (Wildman–Crippen LogP) is 10.9. The van der Waals surface area contributed by atoms with Gasteiger partial charge in [-0.05, 0) is 137 Å². The van der Waals surface area contributed by atoms with Crippen LogP contribution >= 0.6 is 0 Å². The molecule has 0 bridgehead atoms. The molecular formula is C63H104O24. The van der Waals surface area contributed by atoms with E-state index in [2.05, 4.69) is 13.2 Å². The number of benzene rings is 2. The maximum absolute atomic E-state index is 13.5. The van der Waals surface area contributed by atoms with Crippen molar-refractivity contribution in [3.05, 3.63) is 71.8 Å². The second-order valence-electron chi connectivity index (χ2n) is 18.8. The van der Waals surface area contributed by atoms with Gasteiger partial charge in [0.05, 0.1) is 26.4 Å². The van der Waals surface area contributed by atoms with E-state index in [1.54, 1.807) is 135 Å². The highest BCUT2D eigenvalue weighted by Gasteiger charge is 2.64. The molecule has 2 aromatic carbocycles. The number of carbonyl (C=O) groups excluding carboxylic acids is 2. The average molecular weight is 1250 g/mol. The van der Waals surface area contributed by atoms with E-state index in [0.29, 0.717) is 11.1 Å². The third-order valence-electron chi connectivity index (χ3n) is 12.1. The van der Waals surface area contributed by atoms with E-state index in [4.69, 9.17) is 104 Å². The molecule has 24 nitrogen and oxygen atoms in total. The third-order valence-corrected chi connectivity index (χ3v) is 12.1. The van der Waals surface area contributed by atoms with Gasteiger partial charge < -0.3 is 104 Å². The van der Waals surface area contributed by atoms with Crippen LogP contribution in [0.1, 0.15) is 150 Å². The lowest BCUT2D eigenvalue weighted by Gasteiger charge is -2.46. The summed E-state index contributed by atoms with van der Waals surface area (Å²) in [5, 5.41) is 0. The molecule has 2 atom stereocenters. The fourth-order valence-corrected chi connectivity index (χ4v) is 8.99. The molecule has 0 fully saturated rings. The van der Waals surface area contributed by atoms with Crippen molar-refractivity contribution in [1.29, 1.82) is 0 Å². The summed E-state index contributed by atoms with van der Waals surface area (Å²) in [4.78, 5) is 27.1. The van der Waals surface area contributed by atoms with Crippen LogP contribution < -0.4 is 18.9 Å². The van der Waals surface area contributed by atoms with Gasteiger partial charge in [-0.1, -0.05) is 39.1 Å². The zero-order chi connectivity index (χ0) is 65.5. The first kappa shape index (κ1) is 78.5. The lowest BCUT2D eigenvalue weighted by Crippen LogP contribution is -2.66. The van der Waals surface area contributed by atoms with Crippen molar-refractivity contribution in [2.24, 2.45) is 0 Å². The lowest BCUT2D eigenvalue weighted by atomic mass is 9.77. The van der Waals surface area contributed by atoms with Crippen LogP contribution in [-0.2, 0) is 100 Å². The highest BCUT2D eigenvalue weighted by molar-refractivity contribution is 5.87. The van der Waals surface area contributed by atoms with Crippen LogP contribution in [0.4, 0.5) is 0 Å². The van der Waals surface area contributed by atoms with Crippen LogP contribution in [0.25, 0.3) is 0 Å². The topological polar surface area (TPSA) is 237 Å². The highest BCUT2D eigenvalue weighted by atomic mass is 17.0. The number of hydrogen-bond donors (Lipinski definition) is 0. The summed E-state index contributed by atoms with van der Waals surface area (Å²) in [5.74, 6) is -15.0. The van der Waals surface area contributed by atoms with E-state index in [1.807, 2.05) is 13.8 Å². The zero-order valence-corrected chi connectivity index (χ0v) is 55.6. The molecule has 24 heteroatoms. The molecule has 0 radical (unpaired) electrons. The maximum Gasteiger partial charge on any atom is 0.414 e. The fourth-order valence-electron chi connectivity index (χ4n) is 8.99. The Kier molecular flexibility index (Phi) is 34.5. The summed E-state index contributed by atoms with van der Waals surface area (Å²) in [6, 6.07) is 9.62. The SMILES string of the molecule is C=C(C)C(=O)OC(Oc1ccc(C(C)(C)c2ccc(OC(OC(=O)C(=C)C)C(OCC)(OCC)OCC)cc2OC(OCC)(OCC)C(OCC)(OCC)OCC)c(OC(OCC)(OCC)C(OCC)(OCC)OCC)c1)C(OCC)(OCC)OCC. The van der Waals surface area contributed by atoms with Gasteiger partial charge >= 0.3 is 60.4 Å². The summed E-state index contributed by atoms with van der Waals surface area (Å²) in [7, 11) is 0. The van der Waals surface area contributed by atoms with Gasteiger partial charge in [-0.25, -0.2) is 9.59 Å². The van der Waals surface area contributed by atoms with E-state index in [0.717, 1.165) is 0 Å². The Bertz CT molecular complexity index is 2100. The minimum absolute atomic E-state index is 0.0103. The first-order valence-electron chi connectivity index (χ1n) is 30.4. The van der Waals surface area contributed by atoms with Crippen LogP contribution in [0.3, 0.4) is 0 Å². The molecule has 2 unspecified atom stereocenters. The van der Waals surface area contributed by atoms with Gasteiger partial charge in [-0.2, -0.15) is 0 Å². The largest absolute Gasteiger partial charge is 0.447 e. The van der Waals surface area contributed by atoms with E-state index in [1.165, 1.54) is 26.0 Å². The monoisotopic (exact) mass is 1240 g/mol. The number of esters is 2. The second-order valence-corrected chi connectivity index (χ2v) is 18.8. The van der Waals surface area contributed by atoms with Crippen molar-refractivity contribution in [2.75, 3.05) is 106 Å². The Labute approximate surface area is 517 Å². The first-order chi connectivity index (χ1) is 41.5. The molecule has 0 N–H and O–H groups in total. The minimum atomic E-state index is -2.37. The smallest absolute Gasteiger partial charge is 0.414 e. The Morgan fingerprint density at radius 2 is 0.575 bits per heavy atom. The van der Waals surface area contributed by atoms with Gasteiger partial charge in [0.2, 0.25) is 0 Å². The molecule has 0 aliphatic carbocycles. The van der Waals surface area contributed by atoms with Crippen molar-refractivity contribution < 1.29 is 114 Å². The standard InChI is InChI=1S/C63H104O24/c1-23-66-58(67-24-2,68-25-3)55(84-53(64)45(17)18)82-47-39-41-49(51(43-47)86-62(78-35-13,79-36-14)60(72-29-7,73-30-8)74-31-9)57(21,22)50-42-40-48(83-56(85-54(65)46(19)20)59(69-26-4,70-27-5)71-28-6)44-52(50)87-63(80-37-15,81-38-16)61(75-32-10,76-33-11)77-34-12/h39-44,55-56H,17,19,23-38H2,1-16,18,20-22H3. The fraction of sp³-hybridized carbons (Fsp3) is 0.714. The summed E-state index contributed by atoms with van der Waals surface area (Å²) in [5.41, 5.74) is -0.514. The number of hydrogen-bond acceptors (Lipinski definition) is 24. The van der Waals surface area contributed by atoms with E-state index < -0.39 is 65.8 Å². The average Bonchev–Trinajstić information content (AvgIpc) is 0.890. The molecule has 0 heterocycles. The predicted molar refractivity (Wildman–Crippen MR) is 319 cm³/mol. The lowest BCUT2D eigenvalue weighted by molar-refractivity contribution is -0.543. The molecule has 0 saturated carbocycles. The Hall–Kier alpha value is -4.58. The molecule has 0 aromatic heterocycles. The summed E-state index contributed by atoms with van der Waals surface area (Å²) < 4.78 is 141. The quantitative estimate of drug-likeness (QED) is 0.0340. The van der Waals surface area contributed by atoms with Crippen LogP contribution in [0.15, 0.2) is 60.7 Å². The maximum atomic E-state index is 13.5. The number of carbonyl (C=O) groups is 2. The molecule has 0 aliphatic heterocycles. The van der Waals surface area contributed by atoms with Gasteiger partial charge in [0, 0.05) is 119 Å². The summed E-state index contributed by atoms with van der Waals surface area (Å²) in [6.45, 7) is 42.4. The van der Waals surface area contributed by atoms with Crippen molar-refractivity contribution in [3.8, 4) is 23.0 Å². The number of ether oxygens (including phenoxy) is 22. The molecule has 500 valence electrons. The van der Waals surface area contributed by atoms with Gasteiger partial charge in [0.25, 0.3) is 0 Å². The molecule has 0 saturated heterocycles. The first-order valence-corrected chi connectivity index (χ1v) is 30.4. The van der Waals surface area contributed by atoms with E-state index in [9.17, 15) is 9.59 Å². The molecular weight excluding hydrogens is 1140 g/mol. The van der Waals surface area contributed by atoms with Crippen LogP contribution in [-0.4, -0.2) is 166 Å². The molecule has 2 aromatic rings. The zero-order valence-electron chi connectivity index (χ0n) is 55.6. The highest BCUT2D eigenvalue weighted by Crippen LogP contribution is 2.49. The third kappa shape index (κ3) is 19.7. The van der Waals surface area contributed by atoms with Crippen LogP contribution in [0.2, 0.25) is 0 Å². The Morgan fingerprint density at radius 1 is 0.356 bits per heavy atom. The molecule has 87 heavy (non-hydrogen) atoms. The van der Waals surface area contributed by atoms with E-state index in [-0.39, 0.29) is 140 Å².